The molecule has 1 amide bonds. The van der Waals surface area contributed by atoms with Crippen LogP contribution in [0.1, 0.15) is 42.5 Å². The van der Waals surface area contributed by atoms with Crippen molar-refractivity contribution in [1.29, 1.82) is 0 Å². The van der Waals surface area contributed by atoms with Gasteiger partial charge >= 0.3 is 0 Å². The molecule has 21 heavy (non-hydrogen) atoms. The molecule has 0 unspecified atom stereocenters. The first-order valence-corrected chi connectivity index (χ1v) is 7.30. The Morgan fingerprint density at radius 2 is 2.00 bits per heavy atom. The molecule has 0 spiro atoms. The number of hydrogen-bond donors (Lipinski definition) is 1. The Hall–Kier alpha value is -1.82. The van der Waals surface area contributed by atoms with Crippen LogP contribution in [-0.2, 0) is 0 Å². The summed E-state index contributed by atoms with van der Waals surface area (Å²) in [4.78, 5) is 24.5. The molecular weight excluding hydrogens is 294 g/mol. The Kier molecular flexibility index (Phi) is 4.67. The minimum absolute atomic E-state index is 0.0320. The molecule has 1 aliphatic carbocycles. The highest BCUT2D eigenvalue weighted by molar-refractivity contribution is 6.34. The van der Waals surface area contributed by atoms with Gasteiger partial charge < -0.3 is 10.6 Å². The molecule has 1 fully saturated rings. The third-order valence-electron chi connectivity index (χ3n) is 4.00. The zero-order valence-electron chi connectivity index (χ0n) is 11.8. The summed E-state index contributed by atoms with van der Waals surface area (Å²) in [7, 11) is 1.71. The van der Waals surface area contributed by atoms with Crippen molar-refractivity contribution < 1.29 is 9.72 Å². The Morgan fingerprint density at radius 3 is 2.57 bits per heavy atom. The van der Waals surface area contributed by atoms with E-state index < -0.39 is 4.92 Å². The smallest absolute Gasteiger partial charge is 0.271 e. The number of non-ortho nitro benzene ring substituents is 1. The number of benzene rings is 1. The molecule has 0 bridgehead atoms. The van der Waals surface area contributed by atoms with Gasteiger partial charge in [0, 0.05) is 25.2 Å². The molecule has 2 rings (SSSR count). The summed E-state index contributed by atoms with van der Waals surface area (Å²) < 4.78 is 0. The van der Waals surface area contributed by atoms with E-state index >= 15 is 0 Å². The normalized spacial score (nSPS) is 15.7. The highest BCUT2D eigenvalue weighted by atomic mass is 35.5. The maximum absolute atomic E-state index is 12.6. The largest absolute Gasteiger partial charge is 0.397 e. The van der Waals surface area contributed by atoms with E-state index in [1.165, 1.54) is 12.5 Å². The Balaban J connectivity index is 2.31. The van der Waals surface area contributed by atoms with Crippen LogP contribution in [0.25, 0.3) is 0 Å². The average Bonchev–Trinajstić information content (AvgIpc) is 2.49. The van der Waals surface area contributed by atoms with E-state index in [2.05, 4.69) is 0 Å². The topological polar surface area (TPSA) is 89.5 Å². The lowest BCUT2D eigenvalue weighted by Gasteiger charge is -2.31. The van der Waals surface area contributed by atoms with E-state index in [1.54, 1.807) is 11.9 Å². The van der Waals surface area contributed by atoms with Crippen LogP contribution in [0.5, 0.6) is 0 Å². The molecular formula is C14H18ClN3O3. The predicted octanol–water partition coefficient (Wildman–Crippen LogP) is 3.24. The van der Waals surface area contributed by atoms with Gasteiger partial charge in [0.25, 0.3) is 11.6 Å². The first kappa shape index (κ1) is 15.6. The molecule has 0 heterocycles. The summed E-state index contributed by atoms with van der Waals surface area (Å²) in [5.41, 5.74) is 5.78. The monoisotopic (exact) mass is 311 g/mol. The van der Waals surface area contributed by atoms with Crippen molar-refractivity contribution >= 4 is 28.9 Å². The van der Waals surface area contributed by atoms with E-state index in [0.717, 1.165) is 31.7 Å². The molecule has 0 saturated heterocycles. The summed E-state index contributed by atoms with van der Waals surface area (Å²) in [5, 5.41) is 10.9. The second kappa shape index (κ2) is 6.30. The van der Waals surface area contributed by atoms with Gasteiger partial charge in [-0.1, -0.05) is 30.9 Å². The summed E-state index contributed by atoms with van der Waals surface area (Å²) in [6, 6.07) is 2.51. The Bertz CT molecular complexity index is 571. The number of nitro benzene ring substituents is 1. The summed E-state index contributed by atoms with van der Waals surface area (Å²) >= 11 is 5.90. The predicted molar refractivity (Wildman–Crippen MR) is 81.5 cm³/mol. The molecule has 0 radical (unpaired) electrons. The summed E-state index contributed by atoms with van der Waals surface area (Å²) in [6.45, 7) is 0. The third-order valence-corrected chi connectivity index (χ3v) is 4.31. The van der Waals surface area contributed by atoms with Crippen molar-refractivity contribution in [2.75, 3.05) is 12.8 Å². The number of hydrogen-bond acceptors (Lipinski definition) is 4. The highest BCUT2D eigenvalue weighted by Crippen LogP contribution is 2.31. The fraction of sp³-hybridized carbons (Fsp3) is 0.500. The number of nitro groups is 1. The van der Waals surface area contributed by atoms with Gasteiger partial charge in [-0.05, 0) is 12.8 Å². The zero-order valence-corrected chi connectivity index (χ0v) is 12.6. The minimum atomic E-state index is -0.581. The maximum atomic E-state index is 12.6. The van der Waals surface area contributed by atoms with Crippen molar-refractivity contribution in [3.8, 4) is 0 Å². The second-order valence-corrected chi connectivity index (χ2v) is 5.76. The van der Waals surface area contributed by atoms with Crippen LogP contribution in [-0.4, -0.2) is 28.8 Å². The summed E-state index contributed by atoms with van der Waals surface area (Å²) in [6.07, 6.45) is 5.26. The van der Waals surface area contributed by atoms with Crippen molar-refractivity contribution in [2.45, 2.75) is 38.1 Å². The quantitative estimate of drug-likeness (QED) is 0.527. The molecule has 114 valence electrons. The van der Waals surface area contributed by atoms with Gasteiger partial charge in [0.2, 0.25) is 0 Å². The van der Waals surface area contributed by atoms with Crippen LogP contribution in [0, 0.1) is 10.1 Å². The van der Waals surface area contributed by atoms with Crippen LogP contribution < -0.4 is 5.73 Å². The van der Waals surface area contributed by atoms with E-state index in [9.17, 15) is 14.9 Å². The zero-order chi connectivity index (χ0) is 15.6. The van der Waals surface area contributed by atoms with Crippen LogP contribution in [0.3, 0.4) is 0 Å². The first-order chi connectivity index (χ1) is 9.91. The maximum Gasteiger partial charge on any atom is 0.271 e. The van der Waals surface area contributed by atoms with Crippen molar-refractivity contribution in [2.24, 2.45) is 0 Å². The Morgan fingerprint density at radius 1 is 1.38 bits per heavy atom. The molecule has 7 heteroatoms. The number of halogens is 1. The van der Waals surface area contributed by atoms with Crippen molar-refractivity contribution in [3.05, 3.63) is 32.8 Å². The molecule has 1 aromatic rings. The standard InChI is InChI=1S/C14H18ClN3O3/c1-17(9-5-3-2-4-6-9)14(19)11-7-10(18(20)21)8-12(15)13(11)16/h7-9H,2-6,16H2,1H3. The van der Waals surface area contributed by atoms with Crippen LogP contribution in [0.4, 0.5) is 11.4 Å². The molecule has 6 nitrogen and oxygen atoms in total. The first-order valence-electron chi connectivity index (χ1n) is 6.92. The Labute approximate surface area is 128 Å². The third kappa shape index (κ3) is 3.26. The highest BCUT2D eigenvalue weighted by Gasteiger charge is 2.26. The molecule has 1 aromatic carbocycles. The SMILES string of the molecule is CN(C(=O)c1cc([N+](=O)[O-])cc(Cl)c1N)C1CCCCC1. The van der Waals surface area contributed by atoms with Crippen LogP contribution in [0.2, 0.25) is 5.02 Å². The number of nitrogens with zero attached hydrogens (tertiary/aromatic N) is 2. The van der Waals surface area contributed by atoms with E-state index in [0.29, 0.717) is 0 Å². The number of carbonyl (C=O) groups excluding carboxylic acids is 1. The number of rotatable bonds is 3. The molecule has 0 aliphatic heterocycles. The summed E-state index contributed by atoms with van der Waals surface area (Å²) in [5.74, 6) is -0.315. The molecule has 0 aromatic heterocycles. The number of anilines is 1. The molecule has 2 N–H and O–H groups in total. The van der Waals surface area contributed by atoms with Gasteiger partial charge in [0.05, 0.1) is 21.2 Å². The van der Waals surface area contributed by atoms with Crippen LogP contribution >= 0.6 is 11.6 Å². The van der Waals surface area contributed by atoms with Crippen LogP contribution in [0.15, 0.2) is 12.1 Å². The van der Waals surface area contributed by atoms with Crippen molar-refractivity contribution in [3.63, 3.8) is 0 Å². The molecule has 1 aliphatic rings. The molecule has 1 saturated carbocycles. The number of carbonyl (C=O) groups is 1. The van der Waals surface area contributed by atoms with E-state index in [-0.39, 0.29) is 33.9 Å². The lowest BCUT2D eigenvalue weighted by Crippen LogP contribution is -2.38. The van der Waals surface area contributed by atoms with Gasteiger partial charge in [-0.15, -0.1) is 0 Å². The van der Waals surface area contributed by atoms with Crippen molar-refractivity contribution in [1.82, 2.24) is 4.90 Å². The fourth-order valence-corrected chi connectivity index (χ4v) is 2.92. The van der Waals surface area contributed by atoms with Gasteiger partial charge in [0.1, 0.15) is 0 Å². The lowest BCUT2D eigenvalue weighted by atomic mass is 9.94. The second-order valence-electron chi connectivity index (χ2n) is 5.35. The number of amides is 1. The van der Waals surface area contributed by atoms with Gasteiger partial charge in [-0.3, -0.25) is 14.9 Å². The fourth-order valence-electron chi connectivity index (χ4n) is 2.71. The average molecular weight is 312 g/mol. The minimum Gasteiger partial charge on any atom is -0.397 e. The van der Waals surface area contributed by atoms with Gasteiger partial charge in [0.15, 0.2) is 0 Å². The van der Waals surface area contributed by atoms with Gasteiger partial charge in [-0.2, -0.15) is 0 Å². The van der Waals surface area contributed by atoms with E-state index in [1.807, 2.05) is 0 Å². The van der Waals surface area contributed by atoms with Gasteiger partial charge in [-0.25, -0.2) is 0 Å². The lowest BCUT2D eigenvalue weighted by molar-refractivity contribution is -0.384. The number of nitrogen functional groups attached to an aromatic ring is 1. The van der Waals surface area contributed by atoms with E-state index in [4.69, 9.17) is 17.3 Å². The molecule has 0 atom stereocenters. The number of nitrogens with two attached hydrogens (primary N) is 1.